The molecule has 0 radical (unpaired) electrons. The quantitative estimate of drug-likeness (QED) is 0.522. The molecule has 1 amide bonds. The van der Waals surface area contributed by atoms with E-state index in [0.717, 1.165) is 34.8 Å². The maximum Gasteiger partial charge on any atom is 0.273 e. The van der Waals surface area contributed by atoms with E-state index in [1.165, 1.54) is 11.3 Å². The summed E-state index contributed by atoms with van der Waals surface area (Å²) in [7, 11) is 0. The molecule has 3 aromatic heterocycles. The molecule has 4 aromatic rings. The Balaban J connectivity index is 1.26. The smallest absolute Gasteiger partial charge is 0.273 e. The molecule has 1 aliphatic heterocycles. The summed E-state index contributed by atoms with van der Waals surface area (Å²) < 4.78 is 11.2. The third-order valence-corrected chi connectivity index (χ3v) is 5.75. The van der Waals surface area contributed by atoms with E-state index in [1.807, 2.05) is 41.3 Å². The summed E-state index contributed by atoms with van der Waals surface area (Å²) in [6.07, 6.45) is 3.29. The lowest BCUT2D eigenvalue weighted by atomic mass is 9.96. The molecule has 1 aliphatic rings. The van der Waals surface area contributed by atoms with Crippen molar-refractivity contribution in [1.29, 1.82) is 0 Å². The van der Waals surface area contributed by atoms with E-state index in [4.69, 9.17) is 8.83 Å². The highest BCUT2D eigenvalue weighted by molar-refractivity contribution is 7.13. The highest BCUT2D eigenvalue weighted by Gasteiger charge is 2.28. The van der Waals surface area contributed by atoms with Crippen LogP contribution in [0.2, 0.25) is 0 Å². The molecular weight excluding hydrogens is 362 g/mol. The molecule has 1 saturated heterocycles. The van der Waals surface area contributed by atoms with Crippen molar-refractivity contribution >= 4 is 28.3 Å². The topological polar surface area (TPSA) is 72.4 Å². The second-order valence-corrected chi connectivity index (χ2v) is 7.46. The van der Waals surface area contributed by atoms with Gasteiger partial charge in [-0.1, -0.05) is 12.1 Å². The van der Waals surface area contributed by atoms with E-state index in [1.54, 1.807) is 11.6 Å². The molecule has 6 nitrogen and oxygen atoms in total. The molecule has 4 heterocycles. The van der Waals surface area contributed by atoms with Crippen molar-refractivity contribution in [3.8, 4) is 10.8 Å². The van der Waals surface area contributed by atoms with Gasteiger partial charge in [-0.25, -0.2) is 9.97 Å². The number of likely N-dealkylation sites (tertiary alicyclic amines) is 1. The van der Waals surface area contributed by atoms with Crippen molar-refractivity contribution < 1.29 is 13.6 Å². The van der Waals surface area contributed by atoms with Gasteiger partial charge < -0.3 is 13.7 Å². The number of hydrogen-bond donors (Lipinski definition) is 0. The van der Waals surface area contributed by atoms with Gasteiger partial charge in [0.25, 0.3) is 5.91 Å². The van der Waals surface area contributed by atoms with Crippen LogP contribution < -0.4 is 0 Å². The second kappa shape index (κ2) is 6.66. The number of furan rings is 1. The van der Waals surface area contributed by atoms with Crippen molar-refractivity contribution in [1.82, 2.24) is 14.9 Å². The number of fused-ring (bicyclic) bond motifs is 1. The molecular formula is C20H17N3O3S. The first-order chi connectivity index (χ1) is 13.3. The third kappa shape index (κ3) is 3.04. The maximum absolute atomic E-state index is 12.8. The van der Waals surface area contributed by atoms with Crippen LogP contribution in [0.25, 0.3) is 21.9 Å². The van der Waals surface area contributed by atoms with Crippen LogP contribution in [0.15, 0.2) is 56.9 Å². The minimum Gasteiger partial charge on any atom is -0.462 e. The lowest BCUT2D eigenvalue weighted by Crippen LogP contribution is -2.38. The fraction of sp³-hybridized carbons (Fsp3) is 0.250. The zero-order chi connectivity index (χ0) is 18.2. The first-order valence-corrected chi connectivity index (χ1v) is 9.80. The molecule has 5 rings (SSSR count). The van der Waals surface area contributed by atoms with Crippen molar-refractivity contribution in [3.05, 3.63) is 59.6 Å². The summed E-state index contributed by atoms with van der Waals surface area (Å²) in [4.78, 5) is 23.7. The van der Waals surface area contributed by atoms with Crippen LogP contribution in [-0.2, 0) is 0 Å². The standard InChI is InChI=1S/C20H17N3O3S/c24-20(15-12-27-19(22-15)17-6-3-11-25-17)23-9-7-13(8-10-23)18-21-14-4-1-2-5-16(14)26-18/h1-6,11-13H,7-10H2. The Hall–Kier alpha value is -2.93. The Morgan fingerprint density at radius 3 is 2.74 bits per heavy atom. The number of benzene rings is 1. The molecule has 7 heteroatoms. The fourth-order valence-corrected chi connectivity index (χ4v) is 4.20. The van der Waals surface area contributed by atoms with E-state index in [0.29, 0.717) is 24.5 Å². The summed E-state index contributed by atoms with van der Waals surface area (Å²) in [6.45, 7) is 1.35. The molecule has 0 bridgehead atoms. The van der Waals surface area contributed by atoms with Crippen LogP contribution in [0.3, 0.4) is 0 Å². The number of aromatic nitrogens is 2. The Morgan fingerprint density at radius 2 is 1.96 bits per heavy atom. The first-order valence-electron chi connectivity index (χ1n) is 8.92. The molecule has 0 N–H and O–H groups in total. The van der Waals surface area contributed by atoms with E-state index in [2.05, 4.69) is 9.97 Å². The average molecular weight is 379 g/mol. The van der Waals surface area contributed by atoms with Gasteiger partial charge in [-0.2, -0.15) is 0 Å². The summed E-state index contributed by atoms with van der Waals surface area (Å²) in [5.74, 6) is 1.68. The molecule has 1 aromatic carbocycles. The molecule has 0 saturated carbocycles. The van der Waals surface area contributed by atoms with Crippen LogP contribution in [0, 0.1) is 0 Å². The minimum atomic E-state index is -0.0277. The van der Waals surface area contributed by atoms with Gasteiger partial charge in [0.1, 0.15) is 11.2 Å². The molecule has 0 unspecified atom stereocenters. The third-order valence-electron chi connectivity index (χ3n) is 4.90. The molecule has 0 spiro atoms. The van der Waals surface area contributed by atoms with E-state index < -0.39 is 0 Å². The van der Waals surface area contributed by atoms with Gasteiger partial charge in [0, 0.05) is 24.4 Å². The minimum absolute atomic E-state index is 0.0277. The monoisotopic (exact) mass is 379 g/mol. The maximum atomic E-state index is 12.8. The van der Waals surface area contributed by atoms with Crippen molar-refractivity contribution in [3.63, 3.8) is 0 Å². The normalized spacial score (nSPS) is 15.5. The largest absolute Gasteiger partial charge is 0.462 e. The highest BCUT2D eigenvalue weighted by Crippen LogP contribution is 2.31. The van der Waals surface area contributed by atoms with Crippen LogP contribution in [0.1, 0.15) is 35.1 Å². The Kier molecular flexibility index (Phi) is 4.01. The number of carbonyl (C=O) groups excluding carboxylic acids is 1. The van der Waals surface area contributed by atoms with Gasteiger partial charge in [-0.05, 0) is 37.1 Å². The summed E-state index contributed by atoms with van der Waals surface area (Å²) in [5.41, 5.74) is 2.18. The van der Waals surface area contributed by atoms with Gasteiger partial charge in [-0.15, -0.1) is 11.3 Å². The molecule has 27 heavy (non-hydrogen) atoms. The van der Waals surface area contributed by atoms with Gasteiger partial charge in [0.2, 0.25) is 0 Å². The molecule has 0 aliphatic carbocycles. The van der Waals surface area contributed by atoms with Gasteiger partial charge in [-0.3, -0.25) is 4.79 Å². The zero-order valence-electron chi connectivity index (χ0n) is 14.5. The van der Waals surface area contributed by atoms with Crippen LogP contribution in [-0.4, -0.2) is 33.9 Å². The lowest BCUT2D eigenvalue weighted by Gasteiger charge is -2.30. The van der Waals surface area contributed by atoms with Crippen LogP contribution >= 0.6 is 11.3 Å². The Labute approximate surface area is 159 Å². The molecule has 136 valence electrons. The second-order valence-electron chi connectivity index (χ2n) is 6.60. The van der Waals surface area contributed by atoms with E-state index >= 15 is 0 Å². The Bertz CT molecular complexity index is 1040. The van der Waals surface area contributed by atoms with Crippen LogP contribution in [0.4, 0.5) is 0 Å². The molecule has 0 atom stereocenters. The van der Waals surface area contributed by atoms with E-state index in [-0.39, 0.29) is 11.8 Å². The molecule has 1 fully saturated rings. The number of thiazole rings is 1. The number of para-hydroxylation sites is 2. The predicted molar refractivity (Wildman–Crippen MR) is 102 cm³/mol. The van der Waals surface area contributed by atoms with E-state index in [9.17, 15) is 4.79 Å². The number of nitrogens with zero attached hydrogens (tertiary/aromatic N) is 3. The van der Waals surface area contributed by atoms with Gasteiger partial charge in [0.15, 0.2) is 22.2 Å². The number of oxazole rings is 1. The first kappa shape index (κ1) is 16.3. The van der Waals surface area contributed by atoms with Crippen molar-refractivity contribution in [2.75, 3.05) is 13.1 Å². The number of rotatable bonds is 3. The number of amides is 1. The zero-order valence-corrected chi connectivity index (χ0v) is 15.3. The van der Waals surface area contributed by atoms with Gasteiger partial charge in [0.05, 0.1) is 6.26 Å². The fourth-order valence-electron chi connectivity index (χ4n) is 3.44. The summed E-state index contributed by atoms with van der Waals surface area (Å²) >= 11 is 1.42. The average Bonchev–Trinajstić information content (AvgIpc) is 3.47. The number of hydrogen-bond acceptors (Lipinski definition) is 6. The summed E-state index contributed by atoms with van der Waals surface area (Å²) in [5, 5.41) is 2.53. The predicted octanol–water partition coefficient (Wildman–Crippen LogP) is 4.56. The highest BCUT2D eigenvalue weighted by atomic mass is 32.1. The van der Waals surface area contributed by atoms with Gasteiger partial charge >= 0.3 is 0 Å². The van der Waals surface area contributed by atoms with Crippen LogP contribution in [0.5, 0.6) is 0 Å². The lowest BCUT2D eigenvalue weighted by molar-refractivity contribution is 0.0701. The SMILES string of the molecule is O=C(c1csc(-c2ccco2)n1)N1CCC(c2nc3ccccc3o2)CC1. The number of piperidine rings is 1. The van der Waals surface area contributed by atoms with Crippen molar-refractivity contribution in [2.24, 2.45) is 0 Å². The van der Waals surface area contributed by atoms with Crippen molar-refractivity contribution in [2.45, 2.75) is 18.8 Å². The number of carbonyl (C=O) groups is 1. The summed E-state index contributed by atoms with van der Waals surface area (Å²) in [6, 6.07) is 11.5. The Morgan fingerprint density at radius 1 is 1.11 bits per heavy atom.